The van der Waals surface area contributed by atoms with Crippen LogP contribution in [0.3, 0.4) is 0 Å². The van der Waals surface area contributed by atoms with Crippen molar-refractivity contribution in [2.45, 2.75) is 275 Å². The van der Waals surface area contributed by atoms with Crippen molar-refractivity contribution < 1.29 is 116 Å². The first-order valence-electron chi connectivity index (χ1n) is 48.8. The maximum absolute atomic E-state index is 14.9. The van der Waals surface area contributed by atoms with E-state index in [0.717, 1.165) is 6.92 Å². The molecule has 4 rings (SSSR count). The van der Waals surface area contributed by atoms with Gasteiger partial charge in [0.15, 0.2) is 11.9 Å². The predicted octanol–water partition coefficient (Wildman–Crippen LogP) is -8.92. The molecule has 0 fully saturated rings. The smallest absolute Gasteiger partial charge is 0.327 e. The zero-order valence-electron chi connectivity index (χ0n) is 86.0. The molecule has 35 N–H and O–H groups in total. The van der Waals surface area contributed by atoms with Gasteiger partial charge in [-0.2, -0.15) is 24.4 Å². The molecule has 0 spiro atoms. The second-order valence-corrected chi connectivity index (χ2v) is 38.0. The van der Waals surface area contributed by atoms with Crippen molar-refractivity contribution in [2.75, 3.05) is 50.6 Å². The summed E-state index contributed by atoms with van der Waals surface area (Å²) < 4.78 is 0. The number of benzene rings is 2. The summed E-state index contributed by atoms with van der Waals surface area (Å²) >= 11 is 5.14. The second-order valence-electron chi connectivity index (χ2n) is 36.7. The molecule has 150 heavy (non-hydrogen) atoms. The van der Waals surface area contributed by atoms with Gasteiger partial charge in [0.05, 0.1) is 44.6 Å². The van der Waals surface area contributed by atoms with Crippen LogP contribution in [0.4, 0.5) is 0 Å². The van der Waals surface area contributed by atoms with Crippen molar-refractivity contribution >= 4 is 155 Å². The Bertz CT molecular complexity index is 5150. The first-order valence-corrected chi connectivity index (χ1v) is 50.8. The van der Waals surface area contributed by atoms with Crippen LogP contribution in [0.1, 0.15) is 151 Å². The molecule has 54 nitrogen and oxygen atoms in total. The number of aliphatic hydroxyl groups excluding tert-OH is 3. The van der Waals surface area contributed by atoms with Gasteiger partial charge in [0, 0.05) is 68.3 Å². The van der Waals surface area contributed by atoms with E-state index in [1.807, 2.05) is 0 Å². The van der Waals surface area contributed by atoms with E-state index in [-0.39, 0.29) is 101 Å². The number of hydrogen-bond acceptors (Lipinski definition) is 30. The van der Waals surface area contributed by atoms with E-state index in [4.69, 9.17) is 28.0 Å². The summed E-state index contributed by atoms with van der Waals surface area (Å²) in [4.78, 5) is 291. The molecule has 830 valence electrons. The van der Waals surface area contributed by atoms with Gasteiger partial charge in [0.2, 0.25) is 112 Å². The van der Waals surface area contributed by atoms with Crippen LogP contribution < -0.4 is 129 Å². The third-order valence-electron chi connectivity index (χ3n) is 23.3. The molecule has 0 radical (unpaired) electrons. The number of rotatable bonds is 67. The molecule has 0 saturated heterocycles. The van der Waals surface area contributed by atoms with Crippen LogP contribution >= 0.6 is 24.4 Å². The van der Waals surface area contributed by atoms with E-state index < -0.39 is 277 Å². The van der Waals surface area contributed by atoms with E-state index in [9.17, 15) is 116 Å². The number of aromatic nitrogens is 4. The Morgan fingerprint density at radius 1 is 0.393 bits per heavy atom. The number of carboxylic acid groups (broad SMARTS) is 1. The highest BCUT2D eigenvalue weighted by Gasteiger charge is 2.41. The molecule has 2 aromatic heterocycles. The van der Waals surface area contributed by atoms with Gasteiger partial charge in [0.25, 0.3) is 0 Å². The van der Waals surface area contributed by atoms with E-state index in [0.29, 0.717) is 28.9 Å². The summed E-state index contributed by atoms with van der Waals surface area (Å²) in [5.74, 6) is -22.0. The lowest BCUT2D eigenvalue weighted by Crippen LogP contribution is -2.62. The van der Waals surface area contributed by atoms with Crippen molar-refractivity contribution in [3.8, 4) is 0 Å². The lowest BCUT2D eigenvalue weighted by Gasteiger charge is -2.30. The number of carbonyl (C=O) groups is 20. The first-order chi connectivity index (χ1) is 70.8. The summed E-state index contributed by atoms with van der Waals surface area (Å²) in [7, 11) is 0. The summed E-state index contributed by atoms with van der Waals surface area (Å²) in [6, 6.07) is -11.4. The number of guanidine groups is 2. The van der Waals surface area contributed by atoms with Gasteiger partial charge in [-0.25, -0.2) is 14.8 Å². The normalized spacial score (nSPS) is 15.3. The number of aliphatic carboxylic acids is 1. The number of thiol groups is 1. The maximum Gasteiger partial charge on any atom is 0.327 e. The minimum atomic E-state index is -1.79. The van der Waals surface area contributed by atoms with Crippen LogP contribution in [0.2, 0.25) is 0 Å². The fourth-order valence-electron chi connectivity index (χ4n) is 14.4. The third kappa shape index (κ3) is 45.6. The number of carbonyl (C=O) groups excluding carboxylic acids is 19. The molecule has 21 atom stereocenters. The third-order valence-corrected chi connectivity index (χ3v) is 24.3. The summed E-state index contributed by atoms with van der Waals surface area (Å²) in [6.07, 6.45) is 5.10. The van der Waals surface area contributed by atoms with Gasteiger partial charge in [-0.15, -0.1) is 0 Å². The molecule has 19 amide bonds. The van der Waals surface area contributed by atoms with Crippen LogP contribution in [0.15, 0.2) is 85.7 Å². The minimum Gasteiger partial charge on any atom is -0.480 e. The molecular formula is C94H148N30O24S2. The number of nitrogens with zero attached hydrogens (tertiary/aromatic N) is 2. The number of carboxylic acids is 1. The van der Waals surface area contributed by atoms with Crippen LogP contribution in [0.5, 0.6) is 0 Å². The first kappa shape index (κ1) is 128. The Hall–Kier alpha value is -14.7. The number of hydrogen-bond donors (Lipinski definition) is 33. The average molecular weight is 2150 g/mol. The van der Waals surface area contributed by atoms with Gasteiger partial charge >= 0.3 is 5.97 Å². The standard InChI is InChI=1S/C94H148N30O24S2/c1-14-48(6)72(123-86(141)62(33-46(2)3)114-77(132)51(9)108-74(129)49(7)107-70(128)40-104-80(135)67(41-125)120-84(139)63(34-55-23-17-15-18-24-55)117-85(140)66(37-58-39-101-45-106-58)115-79(134)59(95)27-21-30-102-93(96)97)90(145)118-65(36-57-38-100-44-105-57)83(138)110-53(11)76(131)112-60(28-22-31-103-94(98)99)81(136)116-64(35-56-25-19-16-20-26-56)87(142)122-71(47(4)5)89(144)113-61(29-32-150-13)82(137)124-73(54(12)127)91(146)111-50(8)75(130)109-52(10)78(133)119-68(42-126)88(143)121-69(43-149)92(147)148/h15-20,23-26,38-39,44-54,59-69,71-73,125-127,149H,14,21-22,27-37,40-43,95H2,1-13H3,(H,100,105)(H,101,106)(H,104,135)(H,107,128)(H,108,129)(H,109,130)(H,110,138)(H,111,146)(H,112,131)(H,113,144)(H,114,132)(H,115,134)(H,116,136)(H,117,140)(H,118,145)(H,119,133)(H,120,139)(H,121,143)(H,122,142)(H,123,141)(H,124,137)(H,147,148)(H4,96,97,102)(H4,98,99,103)/t48-,49-,50-,51-,52-,53-,54+,59-,60-,61-,62-,63-,64-,65-,66-,67-,68-,69-,71-,72-,73-/m0/s1. The number of thioether (sulfide) groups is 1. The number of amides is 19. The van der Waals surface area contributed by atoms with Gasteiger partial charge in [0.1, 0.15) is 109 Å². The topological polar surface area (TPSA) is 858 Å². The quantitative estimate of drug-likeness (QED) is 0.00845. The Kier molecular flexibility index (Phi) is 56.1. The molecule has 0 bridgehead atoms. The fourth-order valence-corrected chi connectivity index (χ4v) is 15.1. The molecule has 2 heterocycles. The summed E-state index contributed by atoms with van der Waals surface area (Å²) in [6.45, 7) is 14.7. The highest BCUT2D eigenvalue weighted by atomic mass is 32.2. The van der Waals surface area contributed by atoms with Crippen LogP contribution in [0.25, 0.3) is 0 Å². The lowest BCUT2D eigenvalue weighted by atomic mass is 9.96. The maximum atomic E-state index is 14.9. The predicted molar refractivity (Wildman–Crippen MR) is 551 cm³/mol. The van der Waals surface area contributed by atoms with Crippen molar-refractivity contribution in [2.24, 2.45) is 35.0 Å². The highest BCUT2D eigenvalue weighted by molar-refractivity contribution is 7.98. The van der Waals surface area contributed by atoms with Crippen molar-refractivity contribution in [1.29, 1.82) is 10.8 Å². The number of H-pyrrole nitrogens is 2. The highest BCUT2D eigenvalue weighted by Crippen LogP contribution is 2.17. The fraction of sp³-hybridized carbons (Fsp3) is 0.574. The van der Waals surface area contributed by atoms with E-state index in [1.165, 1.54) is 71.4 Å². The molecule has 0 aliphatic heterocycles. The number of imidazole rings is 2. The second kappa shape index (κ2) is 65.9. The van der Waals surface area contributed by atoms with Crippen molar-refractivity contribution in [3.63, 3.8) is 0 Å². The Labute approximate surface area is 877 Å². The largest absolute Gasteiger partial charge is 0.480 e. The molecule has 2 aromatic carbocycles. The van der Waals surface area contributed by atoms with Gasteiger partial charge in [-0.1, -0.05) is 109 Å². The molecular weight excluding hydrogens is 2000 g/mol. The van der Waals surface area contributed by atoms with Gasteiger partial charge < -0.3 is 159 Å². The molecule has 0 aliphatic rings. The number of aromatic amines is 2. The zero-order chi connectivity index (χ0) is 112. The Morgan fingerprint density at radius 3 is 1.17 bits per heavy atom. The van der Waals surface area contributed by atoms with E-state index >= 15 is 0 Å². The lowest BCUT2D eigenvalue weighted by molar-refractivity contribution is -0.142. The van der Waals surface area contributed by atoms with Crippen molar-refractivity contribution in [1.82, 2.24) is 132 Å². The number of nitrogens with two attached hydrogens (primary N) is 3. The van der Waals surface area contributed by atoms with Crippen LogP contribution in [-0.2, 0) is 122 Å². The zero-order valence-corrected chi connectivity index (χ0v) is 87.7. The molecule has 0 unspecified atom stereocenters. The van der Waals surface area contributed by atoms with Crippen LogP contribution in [0, 0.1) is 28.6 Å². The SMILES string of the molecule is CC[C@H](C)[C@H](NC(=O)[C@H](CC(C)C)NC(=O)[C@H](C)NC(=O)[C@H](C)NC(=O)CNC(=O)[C@H](CO)NC(=O)[C@H](Cc1ccccc1)NC(=O)[C@H](Cc1cnc[nH]1)NC(=O)[C@@H](N)CCCNC(=N)N)C(=O)N[C@@H](Cc1cnc[nH]1)C(=O)N[C@@H](C)C(=O)N[C@@H](CCCNC(=N)N)C(=O)N[C@@H](Cc1ccccc1)C(=O)N[C@H](C(=O)N[C@@H](CCSC)C(=O)N[C@H](C(=O)N[C@@H](C)C(=O)N[C@@H](C)C(=O)N[C@@H](CO)C(=O)N[C@@H](CS)C(=O)O)[C@@H](C)O)C(C)C. The average Bonchev–Trinajstić information content (AvgIpc) is 1.00. The Morgan fingerprint density at radius 2 is 0.733 bits per heavy atom. The molecule has 0 saturated carbocycles. The van der Waals surface area contributed by atoms with Crippen molar-refractivity contribution in [3.05, 3.63) is 108 Å². The molecule has 0 aliphatic carbocycles. The molecule has 56 heteroatoms. The molecule has 4 aromatic rings. The van der Waals surface area contributed by atoms with Gasteiger partial charge in [-0.05, 0) is 121 Å². The summed E-state index contributed by atoms with van der Waals surface area (Å²) in [5.41, 5.74) is 18.9. The monoisotopic (exact) mass is 2150 g/mol. The van der Waals surface area contributed by atoms with E-state index in [2.05, 4.69) is 144 Å². The summed E-state index contributed by atoms with van der Waals surface area (Å²) in [5, 5.41) is 108. The van der Waals surface area contributed by atoms with E-state index in [1.54, 1.807) is 108 Å². The number of nitrogens with one attached hydrogen (secondary N) is 25. The Balaban J connectivity index is 1.47. The van der Waals surface area contributed by atoms with Gasteiger partial charge in [-0.3, -0.25) is 102 Å². The minimum absolute atomic E-state index is 0.00995. The number of aliphatic hydroxyl groups is 3. The van der Waals surface area contributed by atoms with Crippen LogP contribution in [-0.4, -0.2) is 342 Å².